The molecule has 0 radical (unpaired) electrons. The van der Waals surface area contributed by atoms with Crippen LogP contribution in [0.3, 0.4) is 0 Å². The summed E-state index contributed by atoms with van der Waals surface area (Å²) in [6.45, 7) is 5.72. The summed E-state index contributed by atoms with van der Waals surface area (Å²) < 4.78 is 6.13. The first kappa shape index (κ1) is 19.4. The molecule has 1 unspecified atom stereocenters. The predicted octanol–water partition coefficient (Wildman–Crippen LogP) is 4.36. The molecule has 30 heavy (non-hydrogen) atoms. The summed E-state index contributed by atoms with van der Waals surface area (Å²) in [4.78, 5) is 23.8. The molecular weight excluding hydrogens is 376 g/mol. The summed E-state index contributed by atoms with van der Waals surface area (Å²) in [6.07, 6.45) is 6.21. The lowest BCUT2D eigenvalue weighted by atomic mass is 10.0. The summed E-state index contributed by atoms with van der Waals surface area (Å²) in [5.74, 6) is 0.395. The predicted molar refractivity (Wildman–Crippen MR) is 118 cm³/mol. The van der Waals surface area contributed by atoms with Crippen molar-refractivity contribution in [3.63, 3.8) is 0 Å². The number of aromatic nitrogens is 3. The Labute approximate surface area is 174 Å². The van der Waals surface area contributed by atoms with Crippen LogP contribution in [-0.4, -0.2) is 33.5 Å². The summed E-state index contributed by atoms with van der Waals surface area (Å²) in [6, 6.07) is 16.0. The molecule has 0 aliphatic rings. The Balaban J connectivity index is 1.77. The lowest BCUT2D eigenvalue weighted by Gasteiger charge is -2.17. The van der Waals surface area contributed by atoms with Crippen molar-refractivity contribution in [1.29, 1.82) is 0 Å². The molecule has 0 saturated heterocycles. The molecule has 1 aromatic carbocycles. The second kappa shape index (κ2) is 8.61. The number of fused-ring (bicyclic) bond motifs is 1. The number of amides is 1. The van der Waals surface area contributed by atoms with Crippen LogP contribution < -0.4 is 10.1 Å². The van der Waals surface area contributed by atoms with E-state index in [4.69, 9.17) is 4.74 Å². The van der Waals surface area contributed by atoms with E-state index in [2.05, 4.69) is 39.0 Å². The number of rotatable bonds is 7. The van der Waals surface area contributed by atoms with Crippen molar-refractivity contribution in [1.82, 2.24) is 20.3 Å². The maximum atomic E-state index is 11.4. The van der Waals surface area contributed by atoms with E-state index < -0.39 is 0 Å². The number of pyridine rings is 2. The Morgan fingerprint density at radius 2 is 2.03 bits per heavy atom. The fourth-order valence-electron chi connectivity index (χ4n) is 3.36. The number of H-pyrrole nitrogens is 1. The van der Waals surface area contributed by atoms with Gasteiger partial charge in [0.2, 0.25) is 5.91 Å². The van der Waals surface area contributed by atoms with Gasteiger partial charge in [0.15, 0.2) is 0 Å². The number of hydrogen-bond donors (Lipinski definition) is 2. The van der Waals surface area contributed by atoms with Crippen molar-refractivity contribution in [2.75, 3.05) is 6.54 Å². The molecule has 0 spiro atoms. The van der Waals surface area contributed by atoms with E-state index >= 15 is 0 Å². The van der Waals surface area contributed by atoms with E-state index in [-0.39, 0.29) is 12.0 Å². The summed E-state index contributed by atoms with van der Waals surface area (Å²) in [5, 5.41) is 2.75. The van der Waals surface area contributed by atoms with Crippen LogP contribution >= 0.6 is 0 Å². The number of hydrogen-bond acceptors (Lipinski definition) is 4. The Morgan fingerprint density at radius 3 is 2.83 bits per heavy atom. The molecule has 0 aliphatic heterocycles. The van der Waals surface area contributed by atoms with Gasteiger partial charge in [-0.15, -0.1) is 0 Å². The molecular formula is C24H22N4O2. The van der Waals surface area contributed by atoms with Crippen molar-refractivity contribution in [2.45, 2.75) is 13.0 Å². The van der Waals surface area contributed by atoms with Crippen molar-refractivity contribution in [3.8, 4) is 28.1 Å². The van der Waals surface area contributed by atoms with Gasteiger partial charge < -0.3 is 15.0 Å². The first-order valence-corrected chi connectivity index (χ1v) is 9.70. The number of carbonyl (C=O) groups is 1. The first-order valence-electron chi connectivity index (χ1n) is 9.70. The SMILES string of the molecule is C=CC(=O)NCC(C)Oc1cnccc1-c1[nH]c2cccnc2c1-c1ccccc1. The zero-order valence-electron chi connectivity index (χ0n) is 16.6. The Morgan fingerprint density at radius 1 is 1.20 bits per heavy atom. The van der Waals surface area contributed by atoms with Crippen LogP contribution in [0.25, 0.3) is 33.4 Å². The second-order valence-corrected chi connectivity index (χ2v) is 6.89. The zero-order valence-corrected chi connectivity index (χ0v) is 16.6. The van der Waals surface area contributed by atoms with Crippen LogP contribution in [0.15, 0.2) is 79.8 Å². The number of nitrogens with zero attached hydrogens (tertiary/aromatic N) is 2. The van der Waals surface area contributed by atoms with Gasteiger partial charge in [-0.05, 0) is 36.8 Å². The fourth-order valence-corrected chi connectivity index (χ4v) is 3.36. The summed E-state index contributed by atoms with van der Waals surface area (Å²) >= 11 is 0. The fraction of sp³-hybridized carbons (Fsp3) is 0.125. The van der Waals surface area contributed by atoms with Gasteiger partial charge in [0.05, 0.1) is 29.5 Å². The number of benzene rings is 1. The van der Waals surface area contributed by atoms with Gasteiger partial charge in [-0.1, -0.05) is 36.9 Å². The summed E-state index contributed by atoms with van der Waals surface area (Å²) in [5.41, 5.74) is 5.70. The van der Waals surface area contributed by atoms with E-state index in [0.717, 1.165) is 33.4 Å². The van der Waals surface area contributed by atoms with E-state index in [0.29, 0.717) is 12.3 Å². The number of aromatic amines is 1. The van der Waals surface area contributed by atoms with Gasteiger partial charge in [0.25, 0.3) is 0 Å². The maximum absolute atomic E-state index is 11.4. The molecule has 0 bridgehead atoms. The van der Waals surface area contributed by atoms with Crippen LogP contribution in [0.1, 0.15) is 6.92 Å². The highest BCUT2D eigenvalue weighted by atomic mass is 16.5. The quantitative estimate of drug-likeness (QED) is 0.453. The minimum Gasteiger partial charge on any atom is -0.487 e. The normalized spacial score (nSPS) is 11.8. The minimum atomic E-state index is -0.250. The Kier molecular flexibility index (Phi) is 5.57. The lowest BCUT2D eigenvalue weighted by molar-refractivity contribution is -0.116. The van der Waals surface area contributed by atoms with Crippen molar-refractivity contribution in [2.24, 2.45) is 0 Å². The molecule has 1 atom stereocenters. The third kappa shape index (κ3) is 3.93. The van der Waals surface area contributed by atoms with Gasteiger partial charge in [-0.25, -0.2) is 0 Å². The van der Waals surface area contributed by atoms with Gasteiger partial charge in [0, 0.05) is 23.5 Å². The summed E-state index contributed by atoms with van der Waals surface area (Å²) in [7, 11) is 0. The largest absolute Gasteiger partial charge is 0.487 e. The average Bonchev–Trinajstić information content (AvgIpc) is 3.17. The highest BCUT2D eigenvalue weighted by Gasteiger charge is 2.19. The van der Waals surface area contributed by atoms with Crippen molar-refractivity contribution < 1.29 is 9.53 Å². The standard InChI is InChI=1S/C24H22N4O2/c1-3-21(29)27-14-16(2)30-20-15-25-13-11-18(20)23-22(17-8-5-4-6-9-17)24-19(28-23)10-7-12-26-24/h3-13,15-16,28H,1,14H2,2H3,(H,27,29). The molecule has 0 aliphatic carbocycles. The van der Waals surface area contributed by atoms with Gasteiger partial charge >= 0.3 is 0 Å². The maximum Gasteiger partial charge on any atom is 0.243 e. The Hall–Kier alpha value is -3.93. The first-order chi connectivity index (χ1) is 14.7. The van der Waals surface area contributed by atoms with Gasteiger partial charge in [0.1, 0.15) is 11.9 Å². The van der Waals surface area contributed by atoms with Crippen molar-refractivity contribution in [3.05, 3.63) is 79.8 Å². The highest BCUT2D eigenvalue weighted by Crippen LogP contribution is 2.40. The van der Waals surface area contributed by atoms with E-state index in [9.17, 15) is 4.79 Å². The molecule has 0 saturated carbocycles. The number of ether oxygens (including phenoxy) is 1. The van der Waals surface area contributed by atoms with Crippen LogP contribution in [0, 0.1) is 0 Å². The van der Waals surface area contributed by atoms with Gasteiger partial charge in [-0.2, -0.15) is 0 Å². The molecule has 6 heteroatoms. The molecule has 3 aromatic heterocycles. The second-order valence-electron chi connectivity index (χ2n) is 6.89. The van der Waals surface area contributed by atoms with Crippen LogP contribution in [0.5, 0.6) is 5.75 Å². The molecule has 4 rings (SSSR count). The monoisotopic (exact) mass is 398 g/mol. The van der Waals surface area contributed by atoms with Crippen LogP contribution in [0.2, 0.25) is 0 Å². The molecule has 2 N–H and O–H groups in total. The third-order valence-electron chi connectivity index (χ3n) is 4.75. The van der Waals surface area contributed by atoms with E-state index in [1.807, 2.05) is 43.3 Å². The molecule has 3 heterocycles. The van der Waals surface area contributed by atoms with E-state index in [1.165, 1.54) is 6.08 Å². The van der Waals surface area contributed by atoms with Gasteiger partial charge in [-0.3, -0.25) is 14.8 Å². The topological polar surface area (TPSA) is 79.9 Å². The molecule has 0 fully saturated rings. The smallest absolute Gasteiger partial charge is 0.243 e. The Bertz CT molecular complexity index is 1180. The van der Waals surface area contributed by atoms with Crippen LogP contribution in [0.4, 0.5) is 0 Å². The van der Waals surface area contributed by atoms with Crippen LogP contribution in [-0.2, 0) is 4.79 Å². The molecule has 150 valence electrons. The van der Waals surface area contributed by atoms with E-state index in [1.54, 1.807) is 18.6 Å². The lowest BCUT2D eigenvalue weighted by Crippen LogP contribution is -2.32. The third-order valence-corrected chi connectivity index (χ3v) is 4.75. The average molecular weight is 398 g/mol. The molecule has 6 nitrogen and oxygen atoms in total. The zero-order chi connectivity index (χ0) is 20.9. The van der Waals surface area contributed by atoms with Crippen molar-refractivity contribution >= 4 is 16.9 Å². The highest BCUT2D eigenvalue weighted by molar-refractivity contribution is 6.02. The molecule has 1 amide bonds. The number of carbonyl (C=O) groups excluding carboxylic acids is 1. The minimum absolute atomic E-state index is 0.232. The number of nitrogens with one attached hydrogen (secondary N) is 2. The molecule has 4 aromatic rings.